The van der Waals surface area contributed by atoms with E-state index in [0.29, 0.717) is 6.42 Å². The van der Waals surface area contributed by atoms with Crippen LogP contribution in [0.2, 0.25) is 0 Å². The van der Waals surface area contributed by atoms with Crippen LogP contribution in [-0.4, -0.2) is 10.8 Å². The molecule has 0 bridgehead atoms. The molecule has 2 nitrogen and oxygen atoms in total. The highest BCUT2D eigenvalue weighted by atomic mass is 79.9. The minimum atomic E-state index is -0.156. The smallest absolute Gasteiger partial charge is 0.306 e. The van der Waals surface area contributed by atoms with Crippen LogP contribution in [0.3, 0.4) is 0 Å². The molecule has 0 N–H and O–H groups in total. The quantitative estimate of drug-likeness (QED) is 0.568. The summed E-state index contributed by atoms with van der Waals surface area (Å²) in [5.41, 5.74) is 1.08. The Bertz CT molecular complexity index is 377. The van der Waals surface area contributed by atoms with E-state index >= 15 is 0 Å². The SMILES string of the molecule is O=C1CCCCCC[C@H](Br)C(c2ccccc2)O1. The van der Waals surface area contributed by atoms with E-state index in [-0.39, 0.29) is 16.9 Å². The van der Waals surface area contributed by atoms with Crippen molar-refractivity contribution in [3.05, 3.63) is 35.9 Å². The van der Waals surface area contributed by atoms with Crippen LogP contribution in [0.5, 0.6) is 0 Å². The van der Waals surface area contributed by atoms with Crippen molar-refractivity contribution in [2.24, 2.45) is 0 Å². The first-order valence-corrected chi connectivity index (χ1v) is 7.57. The average Bonchev–Trinajstić information content (AvgIpc) is 2.40. The Labute approximate surface area is 117 Å². The van der Waals surface area contributed by atoms with Gasteiger partial charge < -0.3 is 4.74 Å². The summed E-state index contributed by atoms with van der Waals surface area (Å²) in [6, 6.07) is 10.0. The molecule has 1 aliphatic heterocycles. The second-order valence-electron chi connectivity index (χ2n) is 4.79. The molecule has 0 radical (unpaired) electrons. The number of carbonyl (C=O) groups is 1. The maximum atomic E-state index is 11.8. The number of esters is 1. The Balaban J connectivity index is 2.13. The van der Waals surface area contributed by atoms with Crippen LogP contribution < -0.4 is 0 Å². The molecule has 1 saturated heterocycles. The molecule has 1 heterocycles. The van der Waals surface area contributed by atoms with Gasteiger partial charge in [0, 0.05) is 6.42 Å². The Hall–Kier alpha value is -0.830. The zero-order valence-corrected chi connectivity index (χ0v) is 12.1. The van der Waals surface area contributed by atoms with Crippen LogP contribution in [-0.2, 0) is 9.53 Å². The van der Waals surface area contributed by atoms with E-state index in [9.17, 15) is 4.79 Å². The Morgan fingerprint density at radius 2 is 1.78 bits per heavy atom. The number of cyclic esters (lactones) is 1. The fourth-order valence-electron chi connectivity index (χ4n) is 2.31. The van der Waals surface area contributed by atoms with E-state index in [4.69, 9.17) is 4.74 Å². The third kappa shape index (κ3) is 3.84. The third-order valence-electron chi connectivity index (χ3n) is 3.33. The summed E-state index contributed by atoms with van der Waals surface area (Å²) in [6.07, 6.45) is 5.92. The molecule has 2 rings (SSSR count). The standard InChI is InChI=1S/C15H19BrO2/c16-13-10-6-1-2-7-11-14(17)18-15(13)12-8-4-3-5-9-12/h3-5,8-9,13,15H,1-2,6-7,10-11H2/t13-,15?/m0/s1. The highest BCUT2D eigenvalue weighted by Gasteiger charge is 2.25. The van der Waals surface area contributed by atoms with Crippen molar-refractivity contribution in [1.82, 2.24) is 0 Å². The van der Waals surface area contributed by atoms with Crippen molar-refractivity contribution in [3.63, 3.8) is 0 Å². The zero-order valence-electron chi connectivity index (χ0n) is 10.5. The predicted octanol–water partition coefficient (Wildman–Crippen LogP) is 4.39. The number of benzene rings is 1. The van der Waals surface area contributed by atoms with Crippen LogP contribution >= 0.6 is 15.9 Å². The van der Waals surface area contributed by atoms with Crippen molar-refractivity contribution in [1.29, 1.82) is 0 Å². The molecule has 98 valence electrons. The second-order valence-corrected chi connectivity index (χ2v) is 5.97. The number of halogens is 1. The first-order chi connectivity index (χ1) is 8.77. The van der Waals surface area contributed by atoms with Gasteiger partial charge in [-0.25, -0.2) is 0 Å². The molecule has 1 aromatic rings. The highest BCUT2D eigenvalue weighted by molar-refractivity contribution is 9.09. The first kappa shape index (κ1) is 13.6. The number of ether oxygens (including phenoxy) is 1. The van der Waals surface area contributed by atoms with Gasteiger partial charge in [-0.3, -0.25) is 4.79 Å². The average molecular weight is 311 g/mol. The number of hydrogen-bond acceptors (Lipinski definition) is 2. The molecule has 2 atom stereocenters. The van der Waals surface area contributed by atoms with Crippen LogP contribution in [0.15, 0.2) is 30.3 Å². The van der Waals surface area contributed by atoms with Gasteiger partial charge in [-0.1, -0.05) is 65.5 Å². The van der Waals surface area contributed by atoms with Gasteiger partial charge in [0.15, 0.2) is 0 Å². The summed E-state index contributed by atoms with van der Waals surface area (Å²) < 4.78 is 5.64. The largest absolute Gasteiger partial charge is 0.456 e. The molecular formula is C15H19BrO2. The van der Waals surface area contributed by atoms with E-state index in [1.165, 1.54) is 12.8 Å². The van der Waals surface area contributed by atoms with Gasteiger partial charge in [0.05, 0.1) is 4.83 Å². The van der Waals surface area contributed by atoms with E-state index in [1.54, 1.807) is 0 Å². The van der Waals surface area contributed by atoms with Crippen molar-refractivity contribution >= 4 is 21.9 Å². The van der Waals surface area contributed by atoms with Crippen molar-refractivity contribution in [2.75, 3.05) is 0 Å². The number of carbonyl (C=O) groups excluding carboxylic acids is 1. The van der Waals surface area contributed by atoms with Gasteiger partial charge in [0.1, 0.15) is 6.10 Å². The predicted molar refractivity (Wildman–Crippen MR) is 75.7 cm³/mol. The molecule has 0 amide bonds. The fraction of sp³-hybridized carbons (Fsp3) is 0.533. The normalized spacial score (nSPS) is 26.4. The lowest BCUT2D eigenvalue weighted by Crippen LogP contribution is -2.20. The Morgan fingerprint density at radius 1 is 1.06 bits per heavy atom. The first-order valence-electron chi connectivity index (χ1n) is 6.66. The molecule has 0 aromatic heterocycles. The number of alkyl halides is 1. The lowest BCUT2D eigenvalue weighted by Gasteiger charge is -2.24. The molecule has 0 spiro atoms. The fourth-order valence-corrected chi connectivity index (χ4v) is 3.04. The summed E-state index contributed by atoms with van der Waals surface area (Å²) in [5, 5.41) is 0. The second kappa shape index (κ2) is 6.93. The minimum Gasteiger partial charge on any atom is -0.456 e. The van der Waals surface area contributed by atoms with Gasteiger partial charge in [0.25, 0.3) is 0 Å². The van der Waals surface area contributed by atoms with E-state index in [2.05, 4.69) is 15.9 Å². The molecule has 0 saturated carbocycles. The summed E-state index contributed by atoms with van der Waals surface area (Å²) in [7, 11) is 0. The lowest BCUT2D eigenvalue weighted by molar-refractivity contribution is -0.149. The van der Waals surface area contributed by atoms with Gasteiger partial charge in [0.2, 0.25) is 0 Å². The molecule has 1 aromatic carbocycles. The van der Waals surface area contributed by atoms with Gasteiger partial charge in [-0.2, -0.15) is 0 Å². The maximum Gasteiger partial charge on any atom is 0.306 e. The van der Waals surface area contributed by atoms with Crippen LogP contribution in [0.1, 0.15) is 50.2 Å². The van der Waals surface area contributed by atoms with Crippen molar-refractivity contribution in [3.8, 4) is 0 Å². The van der Waals surface area contributed by atoms with E-state index in [0.717, 1.165) is 24.8 Å². The van der Waals surface area contributed by atoms with Crippen molar-refractivity contribution in [2.45, 2.75) is 49.5 Å². The van der Waals surface area contributed by atoms with Crippen LogP contribution in [0.25, 0.3) is 0 Å². The maximum absolute atomic E-state index is 11.8. The summed E-state index contributed by atoms with van der Waals surface area (Å²) in [4.78, 5) is 12.0. The molecule has 1 fully saturated rings. The molecule has 1 aliphatic rings. The van der Waals surface area contributed by atoms with Gasteiger partial charge in [-0.05, 0) is 18.4 Å². The molecule has 3 heteroatoms. The summed E-state index contributed by atoms with van der Waals surface area (Å²) in [6.45, 7) is 0. The lowest BCUT2D eigenvalue weighted by atomic mass is 10.0. The van der Waals surface area contributed by atoms with Gasteiger partial charge in [-0.15, -0.1) is 0 Å². The van der Waals surface area contributed by atoms with Crippen LogP contribution in [0, 0.1) is 0 Å². The third-order valence-corrected chi connectivity index (χ3v) is 4.26. The monoisotopic (exact) mass is 310 g/mol. The van der Waals surface area contributed by atoms with Crippen molar-refractivity contribution < 1.29 is 9.53 Å². The van der Waals surface area contributed by atoms with Crippen LogP contribution in [0.4, 0.5) is 0 Å². The van der Waals surface area contributed by atoms with Gasteiger partial charge >= 0.3 is 5.97 Å². The Morgan fingerprint density at radius 3 is 2.56 bits per heavy atom. The van der Waals surface area contributed by atoms with E-state index in [1.807, 2.05) is 30.3 Å². The van der Waals surface area contributed by atoms with E-state index < -0.39 is 0 Å². The topological polar surface area (TPSA) is 26.3 Å². The highest BCUT2D eigenvalue weighted by Crippen LogP contribution is 2.31. The minimum absolute atomic E-state index is 0.0739. The summed E-state index contributed by atoms with van der Waals surface area (Å²) >= 11 is 3.69. The zero-order chi connectivity index (χ0) is 12.8. The molecule has 18 heavy (non-hydrogen) atoms. The molecule has 0 aliphatic carbocycles. The number of hydrogen-bond donors (Lipinski definition) is 0. The Kier molecular flexibility index (Phi) is 5.24. The summed E-state index contributed by atoms with van der Waals surface area (Å²) in [5.74, 6) is -0.0739. The molecule has 1 unspecified atom stereocenters. The molecular weight excluding hydrogens is 292 g/mol. The number of rotatable bonds is 1.